The van der Waals surface area contributed by atoms with Crippen LogP contribution in [-0.2, 0) is 4.74 Å². The fourth-order valence-corrected chi connectivity index (χ4v) is 4.56. The van der Waals surface area contributed by atoms with E-state index in [1.807, 2.05) is 35.3 Å². The highest BCUT2D eigenvalue weighted by Gasteiger charge is 2.24. The quantitative estimate of drug-likeness (QED) is 0.527. The molecular formula is C24H27ClN6O2. The Kier molecular flexibility index (Phi) is 5.97. The molecule has 33 heavy (non-hydrogen) atoms. The zero-order chi connectivity index (χ0) is 22.9. The van der Waals surface area contributed by atoms with E-state index >= 15 is 0 Å². The van der Waals surface area contributed by atoms with Gasteiger partial charge in [0, 0.05) is 74.5 Å². The zero-order valence-corrected chi connectivity index (χ0v) is 19.4. The number of fused-ring (bicyclic) bond motifs is 1. The van der Waals surface area contributed by atoms with Crippen LogP contribution < -0.4 is 10.7 Å². The molecule has 0 radical (unpaired) electrons. The van der Waals surface area contributed by atoms with Gasteiger partial charge in [0.15, 0.2) is 0 Å². The third-order valence-corrected chi connectivity index (χ3v) is 6.57. The lowest BCUT2D eigenvalue weighted by Gasteiger charge is -2.31. The van der Waals surface area contributed by atoms with E-state index in [2.05, 4.69) is 33.0 Å². The molecule has 2 aromatic heterocycles. The van der Waals surface area contributed by atoms with Crippen LogP contribution in [0.15, 0.2) is 42.7 Å². The van der Waals surface area contributed by atoms with Crippen molar-refractivity contribution >= 4 is 45.5 Å². The Balaban J connectivity index is 1.30. The van der Waals surface area contributed by atoms with Gasteiger partial charge in [-0.2, -0.15) is 0 Å². The number of nitrogens with one attached hydrogen (secondary N) is 3. The van der Waals surface area contributed by atoms with Crippen LogP contribution in [0.25, 0.3) is 16.5 Å². The Morgan fingerprint density at radius 1 is 1.24 bits per heavy atom. The lowest BCUT2D eigenvalue weighted by atomic mass is 10.1. The largest absolute Gasteiger partial charge is 0.381 e. The summed E-state index contributed by atoms with van der Waals surface area (Å²) in [6.07, 6.45) is 5.85. The number of likely N-dealkylation sites (tertiary alicyclic amines) is 1. The highest BCUT2D eigenvalue weighted by atomic mass is 35.5. The lowest BCUT2D eigenvalue weighted by molar-refractivity contribution is 0.0351. The van der Waals surface area contributed by atoms with E-state index in [9.17, 15) is 4.79 Å². The SMILES string of the molecule is COC1CCN(C(=O)c2ccc(Nc3cc4[nH]c(C5=CN(C)NC5)cc4cn3)c(Cl)c2)CC1. The van der Waals surface area contributed by atoms with Crippen molar-refractivity contribution in [2.24, 2.45) is 0 Å². The average molecular weight is 467 g/mol. The Bertz CT molecular complexity index is 1210. The van der Waals surface area contributed by atoms with Crippen molar-refractivity contribution in [2.45, 2.75) is 18.9 Å². The second kappa shape index (κ2) is 9.05. The van der Waals surface area contributed by atoms with Crippen molar-refractivity contribution in [3.8, 4) is 0 Å². The fourth-order valence-electron chi connectivity index (χ4n) is 4.33. The molecule has 1 fully saturated rings. The van der Waals surface area contributed by atoms with Crippen LogP contribution >= 0.6 is 11.6 Å². The fraction of sp³-hybridized carbons (Fsp3) is 0.333. The first-order valence-corrected chi connectivity index (χ1v) is 11.4. The molecule has 1 amide bonds. The van der Waals surface area contributed by atoms with Crippen LogP contribution in [0, 0.1) is 0 Å². The number of anilines is 2. The molecule has 8 nitrogen and oxygen atoms in total. The number of rotatable bonds is 5. The van der Waals surface area contributed by atoms with E-state index < -0.39 is 0 Å². The summed E-state index contributed by atoms with van der Waals surface area (Å²) in [5.74, 6) is 0.673. The zero-order valence-electron chi connectivity index (χ0n) is 18.7. The van der Waals surface area contributed by atoms with E-state index in [1.165, 1.54) is 5.57 Å². The summed E-state index contributed by atoms with van der Waals surface area (Å²) in [5.41, 5.74) is 7.78. The number of carbonyl (C=O) groups is 1. The number of piperidine rings is 1. The van der Waals surface area contributed by atoms with E-state index in [1.54, 1.807) is 19.2 Å². The molecule has 0 atom stereocenters. The van der Waals surface area contributed by atoms with Crippen LogP contribution in [0.5, 0.6) is 0 Å². The van der Waals surface area contributed by atoms with Crippen molar-refractivity contribution < 1.29 is 9.53 Å². The number of hydrazine groups is 1. The van der Waals surface area contributed by atoms with Gasteiger partial charge in [-0.15, -0.1) is 0 Å². The molecule has 0 aliphatic carbocycles. The molecule has 0 bridgehead atoms. The summed E-state index contributed by atoms with van der Waals surface area (Å²) in [5, 5.41) is 6.73. The molecule has 3 aromatic rings. The normalized spacial score (nSPS) is 17.0. The Morgan fingerprint density at radius 2 is 2.06 bits per heavy atom. The Morgan fingerprint density at radius 3 is 2.76 bits per heavy atom. The molecule has 9 heteroatoms. The standard InChI is InChI=1S/C24H27ClN6O2/c1-30-14-17(13-27-30)21-10-16-12-26-23(11-22(16)28-21)29-20-4-3-15(9-19(20)25)24(32)31-7-5-18(33-2)6-8-31/h3-4,9-12,14,18,27-28H,5-8,13H2,1-2H3,(H,26,29). The summed E-state index contributed by atoms with van der Waals surface area (Å²) in [6, 6.07) is 9.41. The maximum atomic E-state index is 12.9. The summed E-state index contributed by atoms with van der Waals surface area (Å²) >= 11 is 6.52. The third kappa shape index (κ3) is 4.55. The number of aromatic amines is 1. The van der Waals surface area contributed by atoms with Gasteiger partial charge in [0.2, 0.25) is 0 Å². The van der Waals surface area contributed by atoms with Crippen molar-refractivity contribution in [2.75, 3.05) is 39.1 Å². The Hall–Kier alpha value is -3.07. The molecule has 1 saturated heterocycles. The number of hydrogen-bond donors (Lipinski definition) is 3. The molecule has 1 aromatic carbocycles. The number of nitrogens with zero attached hydrogens (tertiary/aromatic N) is 3. The van der Waals surface area contributed by atoms with E-state index in [4.69, 9.17) is 16.3 Å². The van der Waals surface area contributed by atoms with Crippen molar-refractivity contribution in [1.29, 1.82) is 0 Å². The number of benzene rings is 1. The molecule has 2 aliphatic rings. The number of methoxy groups -OCH3 is 1. The lowest BCUT2D eigenvalue weighted by Crippen LogP contribution is -2.40. The Labute approximate surface area is 197 Å². The minimum atomic E-state index is -0.00202. The third-order valence-electron chi connectivity index (χ3n) is 6.26. The van der Waals surface area contributed by atoms with Gasteiger partial charge in [-0.3, -0.25) is 4.79 Å². The molecule has 5 rings (SSSR count). The van der Waals surface area contributed by atoms with E-state index in [-0.39, 0.29) is 12.0 Å². The molecule has 2 aliphatic heterocycles. The molecule has 3 N–H and O–H groups in total. The monoisotopic (exact) mass is 466 g/mol. The smallest absolute Gasteiger partial charge is 0.253 e. The average Bonchev–Trinajstić information content (AvgIpc) is 3.45. The van der Waals surface area contributed by atoms with Crippen LogP contribution in [0.1, 0.15) is 28.9 Å². The minimum absolute atomic E-state index is 0.00202. The maximum Gasteiger partial charge on any atom is 0.253 e. The highest BCUT2D eigenvalue weighted by Crippen LogP contribution is 2.29. The van der Waals surface area contributed by atoms with Gasteiger partial charge in [0.05, 0.1) is 22.3 Å². The minimum Gasteiger partial charge on any atom is -0.381 e. The number of H-pyrrole nitrogens is 1. The number of carbonyl (C=O) groups excluding carboxylic acids is 1. The van der Waals surface area contributed by atoms with Crippen molar-refractivity contribution in [3.63, 3.8) is 0 Å². The number of aromatic nitrogens is 2. The first-order valence-electron chi connectivity index (χ1n) is 11.0. The molecule has 0 saturated carbocycles. The summed E-state index contributed by atoms with van der Waals surface area (Å²) in [4.78, 5) is 22.7. The number of amides is 1. The van der Waals surface area contributed by atoms with Gasteiger partial charge in [0.25, 0.3) is 5.91 Å². The molecule has 0 spiro atoms. The van der Waals surface area contributed by atoms with E-state index in [0.29, 0.717) is 35.2 Å². The predicted octanol–water partition coefficient (Wildman–Crippen LogP) is 4.00. The second-order valence-corrected chi connectivity index (χ2v) is 8.89. The number of pyridine rings is 1. The molecule has 0 unspecified atom stereocenters. The number of hydrogen-bond acceptors (Lipinski definition) is 6. The molecule has 172 valence electrons. The summed E-state index contributed by atoms with van der Waals surface area (Å²) in [6.45, 7) is 2.17. The van der Waals surface area contributed by atoms with Crippen LogP contribution in [-0.4, -0.2) is 65.7 Å². The van der Waals surface area contributed by atoms with E-state index in [0.717, 1.165) is 36.0 Å². The van der Waals surface area contributed by atoms with Crippen molar-refractivity contribution in [3.05, 3.63) is 59.0 Å². The van der Waals surface area contributed by atoms with Gasteiger partial charge in [-0.1, -0.05) is 11.6 Å². The maximum absolute atomic E-state index is 12.9. The van der Waals surface area contributed by atoms with Gasteiger partial charge in [0.1, 0.15) is 5.82 Å². The first kappa shape index (κ1) is 21.8. The van der Waals surface area contributed by atoms with Crippen molar-refractivity contribution in [1.82, 2.24) is 25.3 Å². The molecule has 4 heterocycles. The van der Waals surface area contributed by atoms with Crippen LogP contribution in [0.2, 0.25) is 5.02 Å². The van der Waals surface area contributed by atoms with Crippen LogP contribution in [0.4, 0.5) is 11.5 Å². The highest BCUT2D eigenvalue weighted by molar-refractivity contribution is 6.33. The number of ether oxygens (including phenoxy) is 1. The summed E-state index contributed by atoms with van der Waals surface area (Å²) in [7, 11) is 3.70. The second-order valence-electron chi connectivity index (χ2n) is 8.49. The van der Waals surface area contributed by atoms with Gasteiger partial charge in [-0.25, -0.2) is 10.4 Å². The van der Waals surface area contributed by atoms with Gasteiger partial charge >= 0.3 is 0 Å². The molecular weight excluding hydrogens is 440 g/mol. The topological polar surface area (TPSA) is 85.5 Å². The first-order chi connectivity index (χ1) is 16.0. The predicted molar refractivity (Wildman–Crippen MR) is 131 cm³/mol. The van der Waals surface area contributed by atoms with Gasteiger partial charge in [-0.05, 0) is 37.1 Å². The van der Waals surface area contributed by atoms with Gasteiger partial charge < -0.3 is 24.9 Å². The summed E-state index contributed by atoms with van der Waals surface area (Å²) < 4.78 is 5.39. The number of halogens is 1. The van der Waals surface area contributed by atoms with Crippen LogP contribution in [0.3, 0.4) is 0 Å².